The van der Waals surface area contributed by atoms with Gasteiger partial charge in [0.2, 0.25) is 0 Å². The Morgan fingerprint density at radius 2 is 1.62 bits per heavy atom. The molecule has 6 heteroatoms. The summed E-state index contributed by atoms with van der Waals surface area (Å²) in [4.78, 5) is 0. The molecule has 0 aliphatic heterocycles. The van der Waals surface area contributed by atoms with Crippen molar-refractivity contribution in [3.05, 3.63) is 57.2 Å². The van der Waals surface area contributed by atoms with Crippen molar-refractivity contribution in [2.75, 3.05) is 5.73 Å². The molecule has 3 aromatic rings. The summed E-state index contributed by atoms with van der Waals surface area (Å²) in [7, 11) is 0. The predicted octanol–water partition coefficient (Wildman–Crippen LogP) is 4.99. The molecule has 0 aliphatic rings. The fourth-order valence-corrected chi connectivity index (χ4v) is 3.03. The van der Waals surface area contributed by atoms with Crippen LogP contribution in [0.4, 0.5) is 10.2 Å². The minimum absolute atomic E-state index is 0.330. The van der Waals surface area contributed by atoms with Crippen molar-refractivity contribution in [2.24, 2.45) is 0 Å². The highest BCUT2D eigenvalue weighted by Gasteiger charge is 2.19. The lowest BCUT2D eigenvalue weighted by atomic mass is 10.0. The molecule has 1 heterocycles. The van der Waals surface area contributed by atoms with E-state index in [0.717, 1.165) is 10.0 Å². The summed E-state index contributed by atoms with van der Waals surface area (Å²) in [5.41, 5.74) is 8.48. The predicted molar refractivity (Wildman–Crippen MR) is 89.2 cm³/mol. The normalized spacial score (nSPS) is 10.8. The highest BCUT2D eigenvalue weighted by molar-refractivity contribution is 9.10. The van der Waals surface area contributed by atoms with Crippen molar-refractivity contribution >= 4 is 37.7 Å². The third kappa shape index (κ3) is 2.49. The van der Waals surface area contributed by atoms with E-state index in [9.17, 15) is 4.39 Å². The van der Waals surface area contributed by atoms with E-state index in [2.05, 4.69) is 42.1 Å². The standard InChI is InChI=1S/C15H10Br2FN3/c16-10-6-2-1-4-8(10)12-14(20-21-15(12)19)9-5-3-7-11(17)13(9)18/h1-7H,(H3,19,20,21). The van der Waals surface area contributed by atoms with Crippen LogP contribution in [0.3, 0.4) is 0 Å². The van der Waals surface area contributed by atoms with Gasteiger partial charge in [0.1, 0.15) is 5.82 Å². The molecule has 0 saturated heterocycles. The van der Waals surface area contributed by atoms with Crippen LogP contribution in [-0.4, -0.2) is 10.2 Å². The summed E-state index contributed by atoms with van der Waals surface area (Å²) in [5.74, 6) is -0.0225. The van der Waals surface area contributed by atoms with Crippen LogP contribution in [0.1, 0.15) is 0 Å². The molecule has 21 heavy (non-hydrogen) atoms. The first-order valence-electron chi connectivity index (χ1n) is 6.12. The average molecular weight is 411 g/mol. The molecule has 0 spiro atoms. The lowest BCUT2D eigenvalue weighted by Gasteiger charge is -2.08. The zero-order valence-electron chi connectivity index (χ0n) is 10.7. The maximum absolute atomic E-state index is 14.3. The van der Waals surface area contributed by atoms with E-state index in [1.54, 1.807) is 18.2 Å². The third-order valence-electron chi connectivity index (χ3n) is 3.16. The van der Waals surface area contributed by atoms with Gasteiger partial charge < -0.3 is 5.73 Å². The van der Waals surface area contributed by atoms with Gasteiger partial charge >= 0.3 is 0 Å². The molecule has 2 aromatic carbocycles. The van der Waals surface area contributed by atoms with Gasteiger partial charge in [-0.15, -0.1) is 0 Å². The summed E-state index contributed by atoms with van der Waals surface area (Å²) >= 11 is 6.69. The molecule has 0 fully saturated rings. The fraction of sp³-hybridized carbons (Fsp3) is 0. The molecule has 0 unspecified atom stereocenters. The van der Waals surface area contributed by atoms with E-state index < -0.39 is 0 Å². The number of rotatable bonds is 2. The maximum Gasteiger partial charge on any atom is 0.153 e. The van der Waals surface area contributed by atoms with Crippen LogP contribution >= 0.6 is 31.9 Å². The number of aromatic amines is 1. The van der Waals surface area contributed by atoms with Crippen molar-refractivity contribution in [3.63, 3.8) is 0 Å². The smallest absolute Gasteiger partial charge is 0.153 e. The van der Waals surface area contributed by atoms with Crippen molar-refractivity contribution < 1.29 is 4.39 Å². The first kappa shape index (κ1) is 14.3. The number of aromatic nitrogens is 2. The number of H-pyrrole nitrogens is 1. The Morgan fingerprint density at radius 3 is 2.38 bits per heavy atom. The summed E-state index contributed by atoms with van der Waals surface area (Å²) in [5, 5.41) is 6.86. The van der Waals surface area contributed by atoms with E-state index in [4.69, 9.17) is 5.73 Å². The second kappa shape index (κ2) is 5.61. The molecule has 0 amide bonds. The van der Waals surface area contributed by atoms with Crippen molar-refractivity contribution in [2.45, 2.75) is 0 Å². The number of nitrogens with zero attached hydrogens (tertiary/aromatic N) is 1. The number of nitrogens with one attached hydrogen (secondary N) is 1. The van der Waals surface area contributed by atoms with Gasteiger partial charge in [0, 0.05) is 15.6 Å². The SMILES string of the molecule is Nc1n[nH]c(-c2cccc(Br)c2F)c1-c1ccccc1Br. The van der Waals surface area contributed by atoms with Crippen molar-refractivity contribution in [3.8, 4) is 22.4 Å². The Kier molecular flexibility index (Phi) is 3.82. The molecule has 106 valence electrons. The van der Waals surface area contributed by atoms with Gasteiger partial charge in [-0.3, -0.25) is 5.10 Å². The monoisotopic (exact) mass is 409 g/mol. The number of nitrogens with two attached hydrogens (primary N) is 1. The summed E-state index contributed by atoms with van der Waals surface area (Å²) in [6.07, 6.45) is 0. The van der Waals surface area contributed by atoms with Gasteiger partial charge in [-0.05, 0) is 34.1 Å². The topological polar surface area (TPSA) is 54.7 Å². The number of benzene rings is 2. The Bertz CT molecular complexity index is 814. The highest BCUT2D eigenvalue weighted by Crippen LogP contribution is 2.39. The van der Waals surface area contributed by atoms with Crippen LogP contribution < -0.4 is 5.73 Å². The average Bonchev–Trinajstić information content (AvgIpc) is 2.84. The molecule has 0 saturated carbocycles. The molecule has 0 radical (unpaired) electrons. The zero-order chi connectivity index (χ0) is 15.0. The number of nitrogen functional groups attached to an aromatic ring is 1. The summed E-state index contributed by atoms with van der Waals surface area (Å²) < 4.78 is 15.6. The fourth-order valence-electron chi connectivity index (χ4n) is 2.18. The van der Waals surface area contributed by atoms with Gasteiger partial charge in [-0.2, -0.15) is 5.10 Å². The minimum Gasteiger partial charge on any atom is -0.382 e. The molecule has 3 N–H and O–H groups in total. The summed E-state index contributed by atoms with van der Waals surface area (Å²) in [6.45, 7) is 0. The first-order valence-corrected chi connectivity index (χ1v) is 7.71. The first-order chi connectivity index (χ1) is 10.1. The van der Waals surface area contributed by atoms with E-state index in [1.165, 1.54) is 0 Å². The van der Waals surface area contributed by atoms with Crippen LogP contribution in [0, 0.1) is 5.82 Å². The van der Waals surface area contributed by atoms with Crippen molar-refractivity contribution in [1.29, 1.82) is 0 Å². The van der Waals surface area contributed by atoms with Crippen LogP contribution in [0.25, 0.3) is 22.4 Å². The number of hydrogen-bond acceptors (Lipinski definition) is 2. The lowest BCUT2D eigenvalue weighted by molar-refractivity contribution is 0.624. The third-order valence-corrected chi connectivity index (χ3v) is 4.46. The van der Waals surface area contributed by atoms with Gasteiger partial charge in [0.25, 0.3) is 0 Å². The largest absolute Gasteiger partial charge is 0.382 e. The van der Waals surface area contributed by atoms with Gasteiger partial charge in [-0.1, -0.05) is 40.2 Å². The molecule has 0 atom stereocenters. The van der Waals surface area contributed by atoms with Crippen LogP contribution in [-0.2, 0) is 0 Å². The van der Waals surface area contributed by atoms with Gasteiger partial charge in [-0.25, -0.2) is 4.39 Å². The number of hydrogen-bond donors (Lipinski definition) is 2. The van der Waals surface area contributed by atoms with Gasteiger partial charge in [0.15, 0.2) is 5.82 Å². The van der Waals surface area contributed by atoms with Crippen molar-refractivity contribution in [1.82, 2.24) is 10.2 Å². The van der Waals surface area contributed by atoms with Crippen LogP contribution in [0.5, 0.6) is 0 Å². The Balaban J connectivity index is 2.28. The molecular weight excluding hydrogens is 401 g/mol. The molecule has 0 bridgehead atoms. The highest BCUT2D eigenvalue weighted by atomic mass is 79.9. The quantitative estimate of drug-likeness (QED) is 0.625. The Morgan fingerprint density at radius 1 is 0.952 bits per heavy atom. The molecule has 1 aromatic heterocycles. The Hall–Kier alpha value is -1.66. The van der Waals surface area contributed by atoms with E-state index in [0.29, 0.717) is 27.1 Å². The van der Waals surface area contributed by atoms with E-state index in [1.807, 2.05) is 24.3 Å². The van der Waals surface area contributed by atoms with Crippen LogP contribution in [0.2, 0.25) is 0 Å². The summed E-state index contributed by atoms with van der Waals surface area (Å²) in [6, 6.07) is 12.7. The molecular formula is C15H10Br2FN3. The van der Waals surface area contributed by atoms with E-state index in [-0.39, 0.29) is 5.82 Å². The molecule has 3 nitrogen and oxygen atoms in total. The zero-order valence-corrected chi connectivity index (χ0v) is 13.9. The minimum atomic E-state index is -0.352. The Labute approximate surface area is 137 Å². The number of anilines is 1. The van der Waals surface area contributed by atoms with Gasteiger partial charge in [0.05, 0.1) is 15.7 Å². The van der Waals surface area contributed by atoms with E-state index >= 15 is 0 Å². The second-order valence-corrected chi connectivity index (χ2v) is 6.15. The lowest BCUT2D eigenvalue weighted by Crippen LogP contribution is -1.91. The van der Waals surface area contributed by atoms with Crippen LogP contribution in [0.15, 0.2) is 51.4 Å². The second-order valence-electron chi connectivity index (χ2n) is 4.44. The molecule has 3 rings (SSSR count). The maximum atomic E-state index is 14.3. The molecule has 0 aliphatic carbocycles. The number of halogens is 3.